The van der Waals surface area contributed by atoms with Gasteiger partial charge in [0.15, 0.2) is 0 Å². The van der Waals surface area contributed by atoms with Crippen LogP contribution < -0.4 is 15.6 Å². The molecule has 2 aliphatic rings. The first-order valence-electron chi connectivity index (χ1n) is 9.21. The first-order valence-corrected chi connectivity index (χ1v) is 9.21. The van der Waals surface area contributed by atoms with Crippen molar-refractivity contribution in [3.05, 3.63) is 29.8 Å². The number of hydrogen-bond donors (Lipinski definition) is 2. The summed E-state index contributed by atoms with van der Waals surface area (Å²) in [6.45, 7) is 4.77. The molecule has 3 rings (SSSR count). The molecule has 1 aliphatic carbocycles. The number of carbonyl (C=O) groups is 2. The number of hydrazine groups is 1. The molecule has 0 aromatic heterocycles. The Kier molecular flexibility index (Phi) is 5.91. The van der Waals surface area contributed by atoms with Gasteiger partial charge >= 0.3 is 0 Å². The number of amides is 2. The van der Waals surface area contributed by atoms with E-state index in [1.165, 1.54) is 19.3 Å². The van der Waals surface area contributed by atoms with Gasteiger partial charge in [0, 0.05) is 18.5 Å². The normalized spacial score (nSPS) is 20.8. The van der Waals surface area contributed by atoms with E-state index in [0.29, 0.717) is 24.0 Å². The van der Waals surface area contributed by atoms with E-state index in [9.17, 15) is 9.59 Å². The molecule has 1 aromatic carbocycles. The maximum Gasteiger partial charge on any atom is 0.273 e. The van der Waals surface area contributed by atoms with Crippen molar-refractivity contribution in [1.29, 1.82) is 0 Å². The highest BCUT2D eigenvalue weighted by Crippen LogP contribution is 2.28. The SMILES string of the molecule is C[C@H]1CCCCN1CCOc1ccccc1C(=O)NNC(=O)C1CC1. The summed E-state index contributed by atoms with van der Waals surface area (Å²) < 4.78 is 5.86. The lowest BCUT2D eigenvalue weighted by Crippen LogP contribution is -2.42. The molecule has 6 nitrogen and oxygen atoms in total. The van der Waals surface area contributed by atoms with Crippen molar-refractivity contribution in [1.82, 2.24) is 15.8 Å². The van der Waals surface area contributed by atoms with Gasteiger partial charge < -0.3 is 4.74 Å². The second kappa shape index (κ2) is 8.34. The smallest absolute Gasteiger partial charge is 0.273 e. The van der Waals surface area contributed by atoms with Crippen LogP contribution >= 0.6 is 0 Å². The van der Waals surface area contributed by atoms with Crippen LogP contribution in [0.4, 0.5) is 0 Å². The average molecular weight is 345 g/mol. The number of nitrogens with one attached hydrogen (secondary N) is 2. The lowest BCUT2D eigenvalue weighted by atomic mass is 10.0. The van der Waals surface area contributed by atoms with E-state index in [2.05, 4.69) is 22.7 Å². The van der Waals surface area contributed by atoms with Crippen LogP contribution in [0.1, 0.15) is 49.4 Å². The topological polar surface area (TPSA) is 70.7 Å². The third kappa shape index (κ3) is 4.95. The Morgan fingerprint density at radius 2 is 1.96 bits per heavy atom. The van der Waals surface area contributed by atoms with Crippen molar-refractivity contribution >= 4 is 11.8 Å². The predicted octanol–water partition coefficient (Wildman–Crippen LogP) is 2.11. The molecule has 25 heavy (non-hydrogen) atoms. The summed E-state index contributed by atoms with van der Waals surface area (Å²) in [4.78, 5) is 26.4. The van der Waals surface area contributed by atoms with Gasteiger partial charge in [0.2, 0.25) is 5.91 Å². The second-order valence-electron chi connectivity index (χ2n) is 6.94. The highest BCUT2D eigenvalue weighted by molar-refractivity contribution is 5.98. The van der Waals surface area contributed by atoms with Gasteiger partial charge in [0.1, 0.15) is 12.4 Å². The Bertz CT molecular complexity index is 616. The maximum absolute atomic E-state index is 12.3. The zero-order valence-corrected chi connectivity index (χ0v) is 14.8. The molecule has 2 amide bonds. The van der Waals surface area contributed by atoms with E-state index >= 15 is 0 Å². The molecule has 136 valence electrons. The van der Waals surface area contributed by atoms with E-state index < -0.39 is 0 Å². The lowest BCUT2D eigenvalue weighted by molar-refractivity contribution is -0.123. The molecule has 0 bridgehead atoms. The average Bonchev–Trinajstić information content (AvgIpc) is 3.46. The van der Waals surface area contributed by atoms with Crippen LogP contribution in [0.3, 0.4) is 0 Å². The van der Waals surface area contributed by atoms with Crippen LogP contribution in [0.15, 0.2) is 24.3 Å². The zero-order chi connectivity index (χ0) is 17.6. The summed E-state index contributed by atoms with van der Waals surface area (Å²) in [5, 5.41) is 0. The molecule has 1 aliphatic heterocycles. The Morgan fingerprint density at radius 1 is 1.16 bits per heavy atom. The standard InChI is InChI=1S/C19H27N3O3/c1-14-6-4-5-11-22(14)12-13-25-17-8-3-2-7-16(17)19(24)21-20-18(23)15-9-10-15/h2-3,7-8,14-15H,4-6,9-13H2,1H3,(H,20,23)(H,21,24)/t14-/m0/s1. The summed E-state index contributed by atoms with van der Waals surface area (Å²) in [5.74, 6) is 0.130. The minimum absolute atomic E-state index is 0.0540. The molecule has 6 heteroatoms. The Balaban J connectivity index is 1.51. The number of hydrogen-bond acceptors (Lipinski definition) is 4. The molecule has 1 atom stereocenters. The predicted molar refractivity (Wildman–Crippen MR) is 95.2 cm³/mol. The van der Waals surface area contributed by atoms with Crippen molar-refractivity contribution in [3.8, 4) is 5.75 Å². The van der Waals surface area contributed by atoms with Crippen LogP contribution in [0.2, 0.25) is 0 Å². The van der Waals surface area contributed by atoms with Crippen molar-refractivity contribution in [2.45, 2.75) is 45.1 Å². The highest BCUT2D eigenvalue weighted by Gasteiger charge is 2.30. The molecular formula is C19H27N3O3. The number of ether oxygens (including phenoxy) is 1. The fraction of sp³-hybridized carbons (Fsp3) is 0.579. The van der Waals surface area contributed by atoms with Crippen LogP contribution in [-0.2, 0) is 4.79 Å². The Hall–Kier alpha value is -2.08. The first-order chi connectivity index (χ1) is 12.1. The van der Waals surface area contributed by atoms with Crippen molar-refractivity contribution in [2.75, 3.05) is 19.7 Å². The van der Waals surface area contributed by atoms with Crippen LogP contribution in [0, 0.1) is 5.92 Å². The van der Waals surface area contributed by atoms with Gasteiger partial charge in [-0.25, -0.2) is 0 Å². The minimum atomic E-state index is -0.351. The molecule has 0 unspecified atom stereocenters. The van der Waals surface area contributed by atoms with E-state index in [-0.39, 0.29) is 17.7 Å². The molecule has 2 N–H and O–H groups in total. The second-order valence-corrected chi connectivity index (χ2v) is 6.94. The Morgan fingerprint density at radius 3 is 2.72 bits per heavy atom. The number of piperidine rings is 1. The Labute approximate surface area is 148 Å². The van der Waals surface area contributed by atoms with Crippen molar-refractivity contribution < 1.29 is 14.3 Å². The summed E-state index contributed by atoms with van der Waals surface area (Å²) in [6.07, 6.45) is 5.57. The van der Waals surface area contributed by atoms with E-state index in [1.807, 2.05) is 6.07 Å². The summed E-state index contributed by atoms with van der Waals surface area (Å²) >= 11 is 0. The number of likely N-dealkylation sites (tertiary alicyclic amines) is 1. The van der Waals surface area contributed by atoms with Gasteiger partial charge in [0.25, 0.3) is 5.91 Å². The summed E-state index contributed by atoms with van der Waals surface area (Å²) in [6, 6.07) is 7.72. The molecule has 1 saturated heterocycles. The molecule has 0 spiro atoms. The monoisotopic (exact) mass is 345 g/mol. The summed E-state index contributed by atoms with van der Waals surface area (Å²) in [7, 11) is 0. The molecule has 1 saturated carbocycles. The zero-order valence-electron chi connectivity index (χ0n) is 14.8. The number of benzene rings is 1. The van der Waals surface area contributed by atoms with Gasteiger partial charge in [-0.05, 0) is 51.3 Å². The fourth-order valence-electron chi connectivity index (χ4n) is 3.18. The van der Waals surface area contributed by atoms with Gasteiger partial charge in [-0.2, -0.15) is 0 Å². The first kappa shape index (κ1) is 17.7. The number of nitrogens with zero attached hydrogens (tertiary/aromatic N) is 1. The molecule has 2 fully saturated rings. The highest BCUT2D eigenvalue weighted by atomic mass is 16.5. The fourth-order valence-corrected chi connectivity index (χ4v) is 3.18. The quantitative estimate of drug-likeness (QED) is 0.775. The van der Waals surface area contributed by atoms with Crippen LogP contribution in [0.5, 0.6) is 5.75 Å². The van der Waals surface area contributed by atoms with Gasteiger partial charge in [-0.3, -0.25) is 25.3 Å². The van der Waals surface area contributed by atoms with E-state index in [4.69, 9.17) is 4.74 Å². The molecule has 1 heterocycles. The molecule has 0 radical (unpaired) electrons. The number of carbonyl (C=O) groups excluding carboxylic acids is 2. The molecule has 1 aromatic rings. The van der Waals surface area contributed by atoms with Gasteiger partial charge in [-0.15, -0.1) is 0 Å². The van der Waals surface area contributed by atoms with Crippen LogP contribution in [-0.4, -0.2) is 42.5 Å². The van der Waals surface area contributed by atoms with Crippen molar-refractivity contribution in [2.24, 2.45) is 5.92 Å². The maximum atomic E-state index is 12.3. The van der Waals surface area contributed by atoms with Gasteiger partial charge in [-0.1, -0.05) is 18.6 Å². The van der Waals surface area contributed by atoms with E-state index in [1.54, 1.807) is 18.2 Å². The lowest BCUT2D eigenvalue weighted by Gasteiger charge is -2.33. The summed E-state index contributed by atoms with van der Waals surface area (Å²) in [5.41, 5.74) is 5.40. The minimum Gasteiger partial charge on any atom is -0.491 e. The van der Waals surface area contributed by atoms with Gasteiger partial charge in [0.05, 0.1) is 5.56 Å². The number of rotatable bonds is 6. The largest absolute Gasteiger partial charge is 0.491 e. The molecular weight excluding hydrogens is 318 g/mol. The number of para-hydroxylation sites is 1. The third-order valence-corrected chi connectivity index (χ3v) is 4.96. The van der Waals surface area contributed by atoms with Crippen LogP contribution in [0.25, 0.3) is 0 Å². The van der Waals surface area contributed by atoms with Crippen molar-refractivity contribution in [3.63, 3.8) is 0 Å². The third-order valence-electron chi connectivity index (χ3n) is 4.96. The van der Waals surface area contributed by atoms with E-state index in [0.717, 1.165) is 25.9 Å².